The van der Waals surface area contributed by atoms with Gasteiger partial charge >= 0.3 is 6.36 Å². The average Bonchev–Trinajstić information content (AvgIpc) is 2.96. The van der Waals surface area contributed by atoms with E-state index in [1.165, 1.54) is 12.1 Å². The molecule has 1 fully saturated rings. The predicted octanol–water partition coefficient (Wildman–Crippen LogP) is 7.75. The molecule has 3 aromatic carbocycles. The number of aryl methyl sites for hydroxylation is 1. The van der Waals surface area contributed by atoms with Gasteiger partial charge in [-0.15, -0.1) is 13.2 Å². The molecule has 1 aromatic heterocycles. The van der Waals surface area contributed by atoms with E-state index in [9.17, 15) is 18.0 Å². The number of carbonyl (C=O) groups excluding carboxylic acids is 1. The monoisotopic (exact) mass is 583 g/mol. The number of carbonyl (C=O) groups is 1. The number of pyridine rings is 1. The van der Waals surface area contributed by atoms with Gasteiger partial charge in [-0.25, -0.2) is 0 Å². The lowest BCUT2D eigenvalue weighted by Crippen LogP contribution is -2.32. The minimum absolute atomic E-state index is 0.159. The summed E-state index contributed by atoms with van der Waals surface area (Å²) in [4.78, 5) is 19.5. The van der Waals surface area contributed by atoms with E-state index in [2.05, 4.69) is 19.9 Å². The number of anilines is 2. The highest BCUT2D eigenvalue weighted by molar-refractivity contribution is 6.31. The molecule has 0 saturated carbocycles. The maximum atomic E-state index is 12.6. The number of rotatable bonds is 8. The number of piperidine rings is 1. The van der Waals surface area contributed by atoms with Gasteiger partial charge in [-0.05, 0) is 85.3 Å². The third-order valence-electron chi connectivity index (χ3n) is 7.10. The van der Waals surface area contributed by atoms with Gasteiger partial charge < -0.3 is 19.7 Å². The SMILES string of the molecule is CCc1cc(OCC(=O)Nc2ccc(N3CCC(c4ccc(OC(F)(F)F)cc4)CC3)cc2)c2cc(Cl)ccc2n1. The lowest BCUT2D eigenvalue weighted by atomic mass is 9.89. The first-order valence-electron chi connectivity index (χ1n) is 13.4. The van der Waals surface area contributed by atoms with E-state index in [1.807, 2.05) is 43.3 Å². The van der Waals surface area contributed by atoms with Crippen LogP contribution >= 0.6 is 11.6 Å². The maximum Gasteiger partial charge on any atom is 0.573 e. The predicted molar refractivity (Wildman–Crippen MR) is 154 cm³/mol. The number of fused-ring (bicyclic) bond motifs is 1. The van der Waals surface area contributed by atoms with Gasteiger partial charge in [0.15, 0.2) is 6.61 Å². The third kappa shape index (κ3) is 7.41. The van der Waals surface area contributed by atoms with Crippen LogP contribution in [0.15, 0.2) is 72.8 Å². The van der Waals surface area contributed by atoms with Crippen molar-refractivity contribution < 1.29 is 27.4 Å². The molecule has 6 nitrogen and oxygen atoms in total. The van der Waals surface area contributed by atoms with Crippen molar-refractivity contribution in [3.05, 3.63) is 89.1 Å². The van der Waals surface area contributed by atoms with Crippen molar-refractivity contribution in [3.8, 4) is 11.5 Å². The van der Waals surface area contributed by atoms with Gasteiger partial charge in [-0.1, -0.05) is 30.7 Å². The second kappa shape index (κ2) is 12.3. The molecule has 0 aliphatic carbocycles. The quantitative estimate of drug-likeness (QED) is 0.230. The number of nitrogens with one attached hydrogen (secondary N) is 1. The van der Waals surface area contributed by atoms with Crippen LogP contribution in [-0.2, 0) is 11.2 Å². The van der Waals surface area contributed by atoms with Crippen LogP contribution in [0.1, 0.15) is 36.9 Å². The Balaban J connectivity index is 1.13. The van der Waals surface area contributed by atoms with Gasteiger partial charge in [0.05, 0.1) is 5.52 Å². The number of ether oxygens (including phenoxy) is 2. The summed E-state index contributed by atoms with van der Waals surface area (Å²) in [7, 11) is 0. The lowest BCUT2D eigenvalue weighted by Gasteiger charge is -2.34. The highest BCUT2D eigenvalue weighted by Gasteiger charge is 2.31. The molecule has 1 aliphatic heterocycles. The molecule has 1 amide bonds. The minimum Gasteiger partial charge on any atom is -0.483 e. The largest absolute Gasteiger partial charge is 0.573 e. The molecule has 0 atom stereocenters. The fraction of sp³-hybridized carbons (Fsp3) is 0.290. The number of hydrogen-bond donors (Lipinski definition) is 1. The van der Waals surface area contributed by atoms with Crippen molar-refractivity contribution in [2.45, 2.75) is 38.5 Å². The Kier molecular flexibility index (Phi) is 8.54. The van der Waals surface area contributed by atoms with Gasteiger partial charge in [0.2, 0.25) is 0 Å². The van der Waals surface area contributed by atoms with Crippen LogP contribution < -0.4 is 19.7 Å². The van der Waals surface area contributed by atoms with E-state index in [-0.39, 0.29) is 24.2 Å². The molecule has 0 spiro atoms. The molecule has 41 heavy (non-hydrogen) atoms. The summed E-state index contributed by atoms with van der Waals surface area (Å²) in [6.45, 7) is 3.47. The van der Waals surface area contributed by atoms with Crippen LogP contribution in [-0.4, -0.2) is 36.9 Å². The summed E-state index contributed by atoms with van der Waals surface area (Å²) in [6, 6.07) is 21.0. The van der Waals surface area contributed by atoms with Gasteiger partial charge in [0.1, 0.15) is 11.5 Å². The molecule has 0 radical (unpaired) electrons. The van der Waals surface area contributed by atoms with Gasteiger partial charge in [0, 0.05) is 46.6 Å². The number of hydrogen-bond acceptors (Lipinski definition) is 5. The molecule has 1 aliphatic rings. The summed E-state index contributed by atoms with van der Waals surface area (Å²) in [6.07, 6.45) is -2.20. The molecule has 10 heteroatoms. The Morgan fingerprint density at radius 1 is 1.02 bits per heavy atom. The Morgan fingerprint density at radius 3 is 2.39 bits per heavy atom. The van der Waals surface area contributed by atoms with Gasteiger partial charge in [-0.3, -0.25) is 9.78 Å². The zero-order valence-electron chi connectivity index (χ0n) is 22.4. The van der Waals surface area contributed by atoms with E-state index in [0.717, 1.165) is 60.2 Å². The van der Waals surface area contributed by atoms with E-state index < -0.39 is 6.36 Å². The molecular weight excluding hydrogens is 555 g/mol. The average molecular weight is 584 g/mol. The second-order valence-electron chi connectivity index (χ2n) is 9.89. The van der Waals surface area contributed by atoms with E-state index in [4.69, 9.17) is 16.3 Å². The second-order valence-corrected chi connectivity index (χ2v) is 10.3. The number of aromatic nitrogens is 1. The van der Waals surface area contributed by atoms with Gasteiger partial charge in [0.25, 0.3) is 5.91 Å². The van der Waals surface area contributed by atoms with Gasteiger partial charge in [-0.2, -0.15) is 0 Å². The third-order valence-corrected chi connectivity index (χ3v) is 7.34. The zero-order chi connectivity index (χ0) is 29.0. The van der Waals surface area contributed by atoms with Crippen molar-refractivity contribution in [3.63, 3.8) is 0 Å². The van der Waals surface area contributed by atoms with Crippen molar-refractivity contribution in [2.75, 3.05) is 29.9 Å². The highest BCUT2D eigenvalue weighted by atomic mass is 35.5. The Labute approximate surface area is 241 Å². The molecule has 0 bridgehead atoms. The maximum absolute atomic E-state index is 12.6. The summed E-state index contributed by atoms with van der Waals surface area (Å²) >= 11 is 6.16. The van der Waals surface area contributed by atoms with Crippen LogP contribution in [0.2, 0.25) is 5.02 Å². The normalized spacial score (nSPS) is 14.2. The number of benzene rings is 3. The Bertz CT molecular complexity index is 1500. The van der Waals surface area contributed by atoms with Crippen LogP contribution in [0.3, 0.4) is 0 Å². The molecule has 2 heterocycles. The first-order valence-corrected chi connectivity index (χ1v) is 13.8. The van der Waals surface area contributed by atoms with Crippen molar-refractivity contribution in [1.82, 2.24) is 4.98 Å². The number of nitrogens with zero attached hydrogens (tertiary/aromatic N) is 2. The van der Waals surface area contributed by atoms with E-state index >= 15 is 0 Å². The van der Waals surface area contributed by atoms with E-state index in [1.54, 1.807) is 24.3 Å². The first-order chi connectivity index (χ1) is 19.7. The van der Waals surface area contributed by atoms with Crippen molar-refractivity contribution in [1.29, 1.82) is 0 Å². The fourth-order valence-corrected chi connectivity index (χ4v) is 5.20. The number of amides is 1. The molecule has 4 aromatic rings. The fourth-order valence-electron chi connectivity index (χ4n) is 5.03. The molecule has 5 rings (SSSR count). The van der Waals surface area contributed by atoms with Crippen LogP contribution in [0.5, 0.6) is 11.5 Å². The summed E-state index contributed by atoms with van der Waals surface area (Å²) < 4.78 is 47.1. The zero-order valence-corrected chi connectivity index (χ0v) is 23.1. The lowest BCUT2D eigenvalue weighted by molar-refractivity contribution is -0.274. The minimum atomic E-state index is -4.69. The van der Waals surface area contributed by atoms with Crippen LogP contribution in [0, 0.1) is 0 Å². The smallest absolute Gasteiger partial charge is 0.483 e. The number of alkyl halides is 3. The standard InChI is InChI=1S/C31H29ClF3N3O3/c1-2-23-18-29(27-17-22(32)5-12-28(27)36-23)40-19-30(39)37-24-6-8-25(9-7-24)38-15-13-21(14-16-38)20-3-10-26(11-4-20)41-31(33,34)35/h3-12,17-18,21H,2,13-16,19H2,1H3,(H,37,39). The molecule has 1 N–H and O–H groups in total. The number of halogens is 4. The van der Waals surface area contributed by atoms with E-state index in [0.29, 0.717) is 16.5 Å². The summed E-state index contributed by atoms with van der Waals surface area (Å²) in [5.74, 6) is 0.342. The van der Waals surface area contributed by atoms with Crippen molar-refractivity contribution >= 4 is 39.8 Å². The first kappa shape index (κ1) is 28.5. The van der Waals surface area contributed by atoms with Crippen molar-refractivity contribution in [2.24, 2.45) is 0 Å². The highest BCUT2D eigenvalue weighted by Crippen LogP contribution is 2.33. The summed E-state index contributed by atoms with van der Waals surface area (Å²) in [5, 5.41) is 4.19. The molecule has 1 saturated heterocycles. The Morgan fingerprint density at radius 2 is 1.73 bits per heavy atom. The molecular formula is C31H29ClF3N3O3. The molecule has 214 valence electrons. The summed E-state index contributed by atoms with van der Waals surface area (Å²) in [5.41, 5.74) is 4.34. The topological polar surface area (TPSA) is 63.7 Å². The van der Waals surface area contributed by atoms with Crippen LogP contribution in [0.4, 0.5) is 24.5 Å². The molecule has 0 unspecified atom stereocenters. The Hall–Kier alpha value is -3.98. The van der Waals surface area contributed by atoms with Crippen LogP contribution in [0.25, 0.3) is 10.9 Å².